The van der Waals surface area contributed by atoms with Crippen LogP contribution in [0, 0.1) is 0 Å². The molecule has 1 unspecified atom stereocenters. The second kappa shape index (κ2) is 7.94. The first-order valence-corrected chi connectivity index (χ1v) is 6.76. The summed E-state index contributed by atoms with van der Waals surface area (Å²) in [4.78, 5) is 8.27. The van der Waals surface area contributed by atoms with Crippen LogP contribution in [-0.2, 0) is 0 Å². The molecule has 1 aromatic heterocycles. The molecule has 1 aromatic rings. The number of rotatable bonds is 8. The molecule has 5 nitrogen and oxygen atoms in total. The Bertz CT molecular complexity index is 415. The van der Waals surface area contributed by atoms with Crippen LogP contribution in [0.15, 0.2) is 6.33 Å². The molecule has 0 radical (unpaired) electrons. The van der Waals surface area contributed by atoms with Crippen molar-refractivity contribution in [3.05, 3.63) is 11.9 Å². The molecule has 0 saturated carbocycles. The van der Waals surface area contributed by atoms with Crippen molar-refractivity contribution in [2.45, 2.75) is 45.6 Å². The minimum Gasteiger partial charge on any atom is -0.385 e. The first kappa shape index (κ1) is 16.6. The highest BCUT2D eigenvalue weighted by atomic mass is 19.3. The number of hydrogen-bond donors (Lipinski definition) is 3. The predicted molar refractivity (Wildman–Crippen MR) is 75.4 cm³/mol. The molecule has 0 aliphatic rings. The number of hydrogen-bond acceptors (Lipinski definition) is 5. The van der Waals surface area contributed by atoms with Gasteiger partial charge in [-0.1, -0.05) is 20.8 Å². The zero-order valence-electron chi connectivity index (χ0n) is 12.0. The molecule has 1 heterocycles. The molecule has 20 heavy (non-hydrogen) atoms. The number of nitrogens with zero attached hydrogens (tertiary/aromatic N) is 2. The number of nitrogens with one attached hydrogen (secondary N) is 2. The molecule has 0 bridgehead atoms. The molecule has 114 valence electrons. The first-order chi connectivity index (χ1) is 9.47. The standard InChI is InChI=1S/C13H22F2N4O/c1-4-5-16-12-10(8(2)3)13(19-7-18-12)17-6-9(20)11(14)15/h7-9,11,20H,4-6H2,1-3H3,(H2,16,17,18,19). The Hall–Kier alpha value is -1.50. The van der Waals surface area contributed by atoms with Crippen LogP contribution in [0.25, 0.3) is 0 Å². The molecule has 1 atom stereocenters. The maximum absolute atomic E-state index is 12.3. The van der Waals surface area contributed by atoms with E-state index < -0.39 is 12.5 Å². The molecule has 0 aromatic carbocycles. The van der Waals surface area contributed by atoms with E-state index >= 15 is 0 Å². The summed E-state index contributed by atoms with van der Waals surface area (Å²) < 4.78 is 24.6. The van der Waals surface area contributed by atoms with Gasteiger partial charge in [0.25, 0.3) is 6.43 Å². The number of anilines is 2. The SMILES string of the molecule is CCCNc1ncnc(NCC(O)C(F)F)c1C(C)C. The zero-order chi connectivity index (χ0) is 15.1. The smallest absolute Gasteiger partial charge is 0.265 e. The third-order valence-electron chi connectivity index (χ3n) is 2.77. The molecule has 1 rings (SSSR count). The van der Waals surface area contributed by atoms with Crippen molar-refractivity contribution in [2.75, 3.05) is 23.7 Å². The van der Waals surface area contributed by atoms with Gasteiger partial charge in [0.2, 0.25) is 0 Å². The van der Waals surface area contributed by atoms with Crippen LogP contribution in [0.2, 0.25) is 0 Å². The van der Waals surface area contributed by atoms with Gasteiger partial charge in [0, 0.05) is 18.7 Å². The Balaban J connectivity index is 2.88. The molecule has 0 fully saturated rings. The van der Waals surface area contributed by atoms with Crippen molar-refractivity contribution in [2.24, 2.45) is 0 Å². The summed E-state index contributed by atoms with van der Waals surface area (Å²) in [5.74, 6) is 1.31. The van der Waals surface area contributed by atoms with Gasteiger partial charge >= 0.3 is 0 Å². The lowest BCUT2D eigenvalue weighted by Crippen LogP contribution is -2.27. The number of aliphatic hydroxyl groups excluding tert-OH is 1. The van der Waals surface area contributed by atoms with Gasteiger partial charge in [-0.05, 0) is 12.3 Å². The fraction of sp³-hybridized carbons (Fsp3) is 0.692. The lowest BCUT2D eigenvalue weighted by molar-refractivity contribution is 0.00379. The van der Waals surface area contributed by atoms with Crippen LogP contribution >= 0.6 is 0 Å². The van der Waals surface area contributed by atoms with Gasteiger partial charge in [-0.2, -0.15) is 0 Å². The quantitative estimate of drug-likeness (QED) is 0.685. The average Bonchev–Trinajstić information content (AvgIpc) is 2.41. The van der Waals surface area contributed by atoms with Crippen molar-refractivity contribution in [1.29, 1.82) is 0 Å². The van der Waals surface area contributed by atoms with E-state index in [4.69, 9.17) is 5.11 Å². The molecule has 0 spiro atoms. The molecule has 0 amide bonds. The average molecular weight is 288 g/mol. The number of aliphatic hydroxyl groups is 1. The Morgan fingerprint density at radius 1 is 1.20 bits per heavy atom. The third kappa shape index (κ3) is 4.56. The van der Waals surface area contributed by atoms with Gasteiger partial charge in [0.1, 0.15) is 24.1 Å². The molecule has 3 N–H and O–H groups in total. The van der Waals surface area contributed by atoms with Crippen LogP contribution in [0.3, 0.4) is 0 Å². The highest BCUT2D eigenvalue weighted by Crippen LogP contribution is 2.28. The summed E-state index contributed by atoms with van der Waals surface area (Å²) in [6.07, 6.45) is -2.16. The number of alkyl halides is 2. The van der Waals surface area contributed by atoms with E-state index in [9.17, 15) is 8.78 Å². The molecular weight excluding hydrogens is 266 g/mol. The number of halogens is 2. The highest BCUT2D eigenvalue weighted by Gasteiger charge is 2.19. The van der Waals surface area contributed by atoms with E-state index in [0.717, 1.165) is 18.5 Å². The second-order valence-electron chi connectivity index (χ2n) is 4.85. The fourth-order valence-corrected chi connectivity index (χ4v) is 1.76. The van der Waals surface area contributed by atoms with Gasteiger partial charge in [-0.25, -0.2) is 18.7 Å². The maximum atomic E-state index is 12.3. The summed E-state index contributed by atoms with van der Waals surface area (Å²) in [6, 6.07) is 0. The lowest BCUT2D eigenvalue weighted by atomic mass is 10.0. The van der Waals surface area contributed by atoms with Gasteiger partial charge < -0.3 is 15.7 Å². The Kier molecular flexibility index (Phi) is 6.57. The van der Waals surface area contributed by atoms with Crippen molar-refractivity contribution < 1.29 is 13.9 Å². The van der Waals surface area contributed by atoms with Gasteiger partial charge in [-0.3, -0.25) is 0 Å². The third-order valence-corrected chi connectivity index (χ3v) is 2.77. The van der Waals surface area contributed by atoms with Crippen molar-refractivity contribution in [3.63, 3.8) is 0 Å². The predicted octanol–water partition coefficient (Wildman–Crippen LogP) is 2.46. The van der Waals surface area contributed by atoms with Crippen LogP contribution in [0.4, 0.5) is 20.4 Å². The van der Waals surface area contributed by atoms with Gasteiger partial charge in [0.05, 0.1) is 0 Å². The van der Waals surface area contributed by atoms with E-state index in [0.29, 0.717) is 11.6 Å². The summed E-state index contributed by atoms with van der Waals surface area (Å²) in [6.45, 7) is 6.52. The minimum atomic E-state index is -2.77. The minimum absolute atomic E-state index is 0.127. The molecule has 0 aliphatic heterocycles. The Labute approximate surface area is 117 Å². The zero-order valence-corrected chi connectivity index (χ0v) is 12.0. The van der Waals surface area contributed by atoms with Crippen LogP contribution in [0.1, 0.15) is 38.7 Å². The fourth-order valence-electron chi connectivity index (χ4n) is 1.76. The van der Waals surface area contributed by atoms with E-state index in [-0.39, 0.29) is 12.5 Å². The van der Waals surface area contributed by atoms with Crippen LogP contribution in [-0.4, -0.2) is 40.7 Å². The monoisotopic (exact) mass is 288 g/mol. The highest BCUT2D eigenvalue weighted by molar-refractivity contribution is 5.59. The topological polar surface area (TPSA) is 70.1 Å². The molecule has 7 heteroatoms. The summed E-state index contributed by atoms with van der Waals surface area (Å²) in [7, 11) is 0. The summed E-state index contributed by atoms with van der Waals surface area (Å²) >= 11 is 0. The second-order valence-corrected chi connectivity index (χ2v) is 4.85. The molecular formula is C13H22F2N4O. The van der Waals surface area contributed by atoms with E-state index in [1.165, 1.54) is 6.33 Å². The van der Waals surface area contributed by atoms with Crippen LogP contribution < -0.4 is 10.6 Å². The maximum Gasteiger partial charge on any atom is 0.265 e. The van der Waals surface area contributed by atoms with Gasteiger partial charge in [0.15, 0.2) is 0 Å². The normalized spacial score (nSPS) is 12.8. The van der Waals surface area contributed by atoms with Crippen molar-refractivity contribution in [1.82, 2.24) is 9.97 Å². The molecule has 0 saturated heterocycles. The van der Waals surface area contributed by atoms with E-state index in [1.807, 2.05) is 20.8 Å². The number of aromatic nitrogens is 2. The lowest BCUT2D eigenvalue weighted by Gasteiger charge is -2.19. The van der Waals surface area contributed by atoms with Crippen molar-refractivity contribution >= 4 is 11.6 Å². The van der Waals surface area contributed by atoms with E-state index in [2.05, 4.69) is 20.6 Å². The Morgan fingerprint density at radius 2 is 1.80 bits per heavy atom. The van der Waals surface area contributed by atoms with Crippen molar-refractivity contribution in [3.8, 4) is 0 Å². The summed E-state index contributed by atoms with van der Waals surface area (Å²) in [5.41, 5.74) is 0.836. The molecule has 0 aliphatic carbocycles. The van der Waals surface area contributed by atoms with Gasteiger partial charge in [-0.15, -0.1) is 0 Å². The Morgan fingerprint density at radius 3 is 2.30 bits per heavy atom. The first-order valence-electron chi connectivity index (χ1n) is 6.76. The van der Waals surface area contributed by atoms with Crippen LogP contribution in [0.5, 0.6) is 0 Å². The summed E-state index contributed by atoms with van der Waals surface area (Å²) in [5, 5.41) is 15.1. The van der Waals surface area contributed by atoms with E-state index in [1.54, 1.807) is 0 Å². The largest absolute Gasteiger partial charge is 0.385 e.